The Hall–Kier alpha value is -1.67. The van der Waals surface area contributed by atoms with Gasteiger partial charge in [0.25, 0.3) is 0 Å². The highest BCUT2D eigenvalue weighted by atomic mass is 19.1. The minimum Gasteiger partial charge on any atom is -0.316 e. The normalized spacial score (nSPS) is 10.8. The van der Waals surface area contributed by atoms with E-state index in [4.69, 9.17) is 0 Å². The Bertz CT molecular complexity index is 546. The van der Waals surface area contributed by atoms with Crippen molar-refractivity contribution in [2.45, 2.75) is 32.7 Å². The average molecular weight is 271 g/mol. The molecule has 0 amide bonds. The molecule has 0 aromatic heterocycles. The third kappa shape index (κ3) is 3.67. The molecular weight excluding hydrogens is 249 g/mol. The Kier molecular flexibility index (Phi) is 5.31. The minimum absolute atomic E-state index is 0.150. The fourth-order valence-corrected chi connectivity index (χ4v) is 2.32. The number of hydrogen-bond acceptors (Lipinski definition) is 1. The van der Waals surface area contributed by atoms with Gasteiger partial charge >= 0.3 is 0 Å². The van der Waals surface area contributed by atoms with Gasteiger partial charge in [-0.2, -0.15) is 0 Å². The fourth-order valence-electron chi connectivity index (χ4n) is 2.32. The van der Waals surface area contributed by atoms with Crippen LogP contribution in [0.3, 0.4) is 0 Å². The van der Waals surface area contributed by atoms with E-state index in [1.165, 1.54) is 18.4 Å². The van der Waals surface area contributed by atoms with Crippen molar-refractivity contribution in [3.63, 3.8) is 0 Å². The summed E-state index contributed by atoms with van der Waals surface area (Å²) >= 11 is 0. The summed E-state index contributed by atoms with van der Waals surface area (Å²) in [4.78, 5) is 0. The van der Waals surface area contributed by atoms with E-state index < -0.39 is 0 Å². The molecule has 0 aliphatic carbocycles. The lowest BCUT2D eigenvalue weighted by Gasteiger charge is -2.08. The molecule has 0 spiro atoms. The predicted molar refractivity (Wildman–Crippen MR) is 83.2 cm³/mol. The average Bonchev–Trinajstić information content (AvgIpc) is 2.48. The summed E-state index contributed by atoms with van der Waals surface area (Å²) in [7, 11) is 1.83. The molecule has 20 heavy (non-hydrogen) atoms. The summed E-state index contributed by atoms with van der Waals surface area (Å²) in [5.74, 6) is -0.150. The first-order chi connectivity index (χ1) is 9.74. The first kappa shape index (κ1) is 14.7. The van der Waals surface area contributed by atoms with E-state index in [1.54, 1.807) is 6.07 Å². The van der Waals surface area contributed by atoms with Crippen molar-refractivity contribution in [2.75, 3.05) is 7.05 Å². The molecule has 1 nitrogen and oxygen atoms in total. The highest BCUT2D eigenvalue weighted by Gasteiger charge is 2.04. The van der Waals surface area contributed by atoms with Gasteiger partial charge in [-0.25, -0.2) is 4.39 Å². The van der Waals surface area contributed by atoms with Gasteiger partial charge in [0.15, 0.2) is 0 Å². The molecule has 0 aliphatic heterocycles. The minimum atomic E-state index is -0.150. The van der Waals surface area contributed by atoms with Gasteiger partial charge < -0.3 is 5.32 Å². The maximum Gasteiger partial charge on any atom is 0.127 e. The van der Waals surface area contributed by atoms with Crippen LogP contribution in [0, 0.1) is 5.82 Å². The molecule has 0 radical (unpaired) electrons. The molecule has 0 bridgehead atoms. The molecule has 1 N–H and O–H groups in total. The summed E-state index contributed by atoms with van der Waals surface area (Å²) < 4.78 is 13.6. The summed E-state index contributed by atoms with van der Waals surface area (Å²) in [5.41, 5.74) is 4.29. The molecule has 0 saturated heterocycles. The van der Waals surface area contributed by atoms with Crippen molar-refractivity contribution in [3.05, 3.63) is 59.4 Å². The molecule has 2 rings (SSSR count). The van der Waals surface area contributed by atoms with Gasteiger partial charge in [0.05, 0.1) is 0 Å². The molecule has 2 aromatic rings. The van der Waals surface area contributed by atoms with E-state index in [9.17, 15) is 4.39 Å². The maximum atomic E-state index is 13.6. The van der Waals surface area contributed by atoms with Crippen molar-refractivity contribution >= 4 is 0 Å². The second-order valence-corrected chi connectivity index (χ2v) is 5.14. The summed E-state index contributed by atoms with van der Waals surface area (Å²) in [6, 6.07) is 13.9. The second-order valence-electron chi connectivity index (χ2n) is 5.14. The Morgan fingerprint density at radius 3 is 2.35 bits per heavy atom. The van der Waals surface area contributed by atoms with Crippen LogP contribution in [0.2, 0.25) is 0 Å². The third-order valence-corrected chi connectivity index (χ3v) is 3.52. The highest BCUT2D eigenvalue weighted by Crippen LogP contribution is 2.23. The fraction of sp³-hybridized carbons (Fsp3) is 0.333. The van der Waals surface area contributed by atoms with Crippen LogP contribution in [0.4, 0.5) is 4.39 Å². The topological polar surface area (TPSA) is 12.0 Å². The van der Waals surface area contributed by atoms with Crippen molar-refractivity contribution in [1.82, 2.24) is 5.32 Å². The number of nitrogens with one attached hydrogen (secondary N) is 1. The second kappa shape index (κ2) is 7.20. The zero-order valence-corrected chi connectivity index (χ0v) is 12.2. The van der Waals surface area contributed by atoms with E-state index in [-0.39, 0.29) is 5.82 Å². The van der Waals surface area contributed by atoms with Gasteiger partial charge in [-0.3, -0.25) is 0 Å². The number of benzene rings is 2. The lowest BCUT2D eigenvalue weighted by molar-refractivity contribution is 0.601. The van der Waals surface area contributed by atoms with Crippen LogP contribution in [0.1, 0.15) is 30.9 Å². The van der Waals surface area contributed by atoms with Crippen LogP contribution >= 0.6 is 0 Å². The number of hydrogen-bond donors (Lipinski definition) is 1. The van der Waals surface area contributed by atoms with Crippen LogP contribution in [-0.4, -0.2) is 7.05 Å². The molecule has 0 atom stereocenters. The summed E-state index contributed by atoms with van der Waals surface area (Å²) in [6.45, 7) is 2.75. The quantitative estimate of drug-likeness (QED) is 0.812. The monoisotopic (exact) mass is 271 g/mol. The van der Waals surface area contributed by atoms with Crippen LogP contribution in [0.25, 0.3) is 11.1 Å². The predicted octanol–water partition coefficient (Wildman–Crippen LogP) is 4.55. The SMILES string of the molecule is CCCCc1ccc(-c2ccc(F)c(CNC)c2)cc1. The molecule has 0 saturated carbocycles. The van der Waals surface area contributed by atoms with Gasteiger partial charge in [0, 0.05) is 12.1 Å². The molecule has 106 valence electrons. The van der Waals surface area contributed by atoms with E-state index in [2.05, 4.69) is 36.5 Å². The molecule has 0 aliphatic rings. The van der Waals surface area contributed by atoms with Crippen LogP contribution in [0.15, 0.2) is 42.5 Å². The highest BCUT2D eigenvalue weighted by molar-refractivity contribution is 5.64. The van der Waals surface area contributed by atoms with Crippen LogP contribution in [0.5, 0.6) is 0 Å². The van der Waals surface area contributed by atoms with Crippen molar-refractivity contribution in [1.29, 1.82) is 0 Å². The summed E-state index contributed by atoms with van der Waals surface area (Å²) in [5, 5.41) is 3.00. The van der Waals surface area contributed by atoms with E-state index in [0.29, 0.717) is 12.1 Å². The zero-order valence-electron chi connectivity index (χ0n) is 12.2. The Morgan fingerprint density at radius 2 is 1.70 bits per heavy atom. The standard InChI is InChI=1S/C18H22FN/c1-3-4-5-14-6-8-15(9-7-14)16-10-11-18(19)17(12-16)13-20-2/h6-12,20H,3-5,13H2,1-2H3. The molecule has 0 heterocycles. The molecule has 0 unspecified atom stereocenters. The molecular formula is C18H22FN. The first-order valence-electron chi connectivity index (χ1n) is 7.27. The number of halogens is 1. The Balaban J connectivity index is 2.20. The number of rotatable bonds is 6. The number of unbranched alkanes of at least 4 members (excludes halogenated alkanes) is 1. The van der Waals surface area contributed by atoms with Crippen molar-refractivity contribution < 1.29 is 4.39 Å². The van der Waals surface area contributed by atoms with Crippen molar-refractivity contribution in [3.8, 4) is 11.1 Å². The maximum absolute atomic E-state index is 13.6. The lowest BCUT2D eigenvalue weighted by atomic mass is 10.00. The van der Waals surface area contributed by atoms with Crippen LogP contribution < -0.4 is 5.32 Å². The van der Waals surface area contributed by atoms with Crippen molar-refractivity contribution in [2.24, 2.45) is 0 Å². The smallest absolute Gasteiger partial charge is 0.127 e. The zero-order chi connectivity index (χ0) is 14.4. The van der Waals surface area contributed by atoms with Crippen LogP contribution in [-0.2, 0) is 13.0 Å². The van der Waals surface area contributed by atoms with Gasteiger partial charge in [-0.15, -0.1) is 0 Å². The van der Waals surface area contributed by atoms with Gasteiger partial charge in [0.1, 0.15) is 5.82 Å². The van der Waals surface area contributed by atoms with E-state index in [0.717, 1.165) is 17.5 Å². The van der Waals surface area contributed by atoms with E-state index >= 15 is 0 Å². The Labute approximate surface area is 120 Å². The van der Waals surface area contributed by atoms with E-state index in [1.807, 2.05) is 19.2 Å². The Morgan fingerprint density at radius 1 is 1.00 bits per heavy atom. The van der Waals surface area contributed by atoms with Gasteiger partial charge in [-0.1, -0.05) is 43.7 Å². The van der Waals surface area contributed by atoms with Gasteiger partial charge in [-0.05, 0) is 48.7 Å². The summed E-state index contributed by atoms with van der Waals surface area (Å²) in [6.07, 6.45) is 3.57. The molecule has 2 heteroatoms. The number of aryl methyl sites for hydroxylation is 1. The molecule has 0 fully saturated rings. The lowest BCUT2D eigenvalue weighted by Crippen LogP contribution is -2.07. The first-order valence-corrected chi connectivity index (χ1v) is 7.27. The third-order valence-electron chi connectivity index (χ3n) is 3.52. The van der Waals surface area contributed by atoms with Gasteiger partial charge in [0.2, 0.25) is 0 Å². The largest absolute Gasteiger partial charge is 0.316 e. The molecule has 2 aromatic carbocycles.